The van der Waals surface area contributed by atoms with Gasteiger partial charge >= 0.3 is 12.2 Å². The molecule has 2 atom stereocenters. The molecule has 4 heterocycles. The van der Waals surface area contributed by atoms with E-state index in [1.54, 1.807) is 28.5 Å². The number of carbonyl (C=O) groups is 3. The normalized spacial score (nSPS) is 18.9. The summed E-state index contributed by atoms with van der Waals surface area (Å²) in [5, 5.41) is 3.72. The van der Waals surface area contributed by atoms with Crippen LogP contribution >= 0.6 is 11.6 Å². The number of pyridine rings is 1. The van der Waals surface area contributed by atoms with Crippen LogP contribution in [0.2, 0.25) is 5.02 Å². The summed E-state index contributed by atoms with van der Waals surface area (Å²) < 4.78 is 18.5. The highest BCUT2D eigenvalue weighted by atomic mass is 35.5. The Labute approximate surface area is 303 Å². The number of fused-ring (bicyclic) bond motifs is 2. The smallest absolute Gasteiger partial charge is 0.410 e. The van der Waals surface area contributed by atoms with Gasteiger partial charge in [-0.3, -0.25) is 14.7 Å². The van der Waals surface area contributed by atoms with Crippen LogP contribution in [0.5, 0.6) is 0 Å². The highest BCUT2D eigenvalue weighted by Crippen LogP contribution is 2.44. The summed E-state index contributed by atoms with van der Waals surface area (Å²) in [5.41, 5.74) is 4.74. The van der Waals surface area contributed by atoms with Gasteiger partial charge in [0, 0.05) is 77.5 Å². The van der Waals surface area contributed by atoms with Crippen LogP contribution in [0.25, 0.3) is 11.6 Å². The van der Waals surface area contributed by atoms with Crippen LogP contribution in [0, 0.1) is 0 Å². The molecule has 3 aromatic rings. The zero-order valence-corrected chi connectivity index (χ0v) is 30.6. The number of likely N-dealkylation sites (tertiary alicyclic amines) is 1. The molecule has 0 unspecified atom stereocenters. The number of carbonyl (C=O) groups excluding carboxylic acids is 3. The van der Waals surface area contributed by atoms with Crippen LogP contribution < -0.4 is 5.32 Å². The van der Waals surface area contributed by atoms with Crippen LogP contribution in [0.1, 0.15) is 73.8 Å². The second-order valence-corrected chi connectivity index (χ2v) is 14.6. The Bertz CT molecular complexity index is 1770. The number of aryl methyl sites for hydroxylation is 1. The van der Waals surface area contributed by atoms with Crippen molar-refractivity contribution in [3.63, 3.8) is 0 Å². The van der Waals surface area contributed by atoms with Crippen LogP contribution in [0.15, 0.2) is 49.1 Å². The van der Waals surface area contributed by atoms with Gasteiger partial charge in [0.1, 0.15) is 18.3 Å². The van der Waals surface area contributed by atoms with Gasteiger partial charge in [-0.1, -0.05) is 23.7 Å². The number of imidazole rings is 1. The van der Waals surface area contributed by atoms with E-state index in [1.165, 1.54) is 7.11 Å². The number of hydrogen-bond donors (Lipinski definition) is 1. The number of nitrogens with one attached hydrogen (secondary N) is 1. The standard InChI is InChI=1S/C37H46ClN7O6/c1-37(2,3)51-36(48)44-13-10-26(11-14-44)50-35(47)45-17-15-43(16-18-45)34-27-9-8-25(38)20-28(27)29(19-24-7-6-12-40-32(24)34)33(41-31(46)22-49-5)30-21-39-23-42(30)4/h6-9,12,19-21,23,26,33-34H,10-11,13-18,22H2,1-5H3,(H,41,46)/t33-,34+/m1/s1. The van der Waals surface area contributed by atoms with Crippen molar-refractivity contribution in [2.75, 3.05) is 53.0 Å². The van der Waals surface area contributed by atoms with Gasteiger partial charge in [-0.05, 0) is 67.3 Å². The molecule has 1 aromatic carbocycles. The molecule has 14 heteroatoms. The van der Waals surface area contributed by atoms with E-state index in [9.17, 15) is 14.4 Å². The highest BCUT2D eigenvalue weighted by Gasteiger charge is 2.37. The van der Waals surface area contributed by atoms with E-state index in [0.717, 1.165) is 33.7 Å². The maximum absolute atomic E-state index is 13.3. The molecule has 1 N–H and O–H groups in total. The predicted molar refractivity (Wildman–Crippen MR) is 192 cm³/mol. The molecule has 6 rings (SSSR count). The molecular formula is C37H46ClN7O6. The third-order valence-corrected chi connectivity index (χ3v) is 9.64. The van der Waals surface area contributed by atoms with Crippen LogP contribution in [-0.4, -0.2) is 112 Å². The first-order valence-electron chi connectivity index (χ1n) is 17.3. The molecule has 0 radical (unpaired) electrons. The third-order valence-electron chi connectivity index (χ3n) is 9.40. The fourth-order valence-corrected chi connectivity index (χ4v) is 7.12. The molecule has 3 aliphatic rings. The summed E-state index contributed by atoms with van der Waals surface area (Å²) in [6.45, 7) is 8.51. The van der Waals surface area contributed by atoms with Gasteiger partial charge in [-0.15, -0.1) is 0 Å². The largest absolute Gasteiger partial charge is 0.446 e. The molecule has 3 amide bonds. The van der Waals surface area contributed by atoms with Crippen molar-refractivity contribution in [1.82, 2.24) is 34.6 Å². The summed E-state index contributed by atoms with van der Waals surface area (Å²) in [4.78, 5) is 53.8. The molecule has 1 aliphatic carbocycles. The fraction of sp³-hybridized carbons (Fsp3) is 0.486. The van der Waals surface area contributed by atoms with Gasteiger partial charge in [0.2, 0.25) is 5.91 Å². The minimum Gasteiger partial charge on any atom is -0.446 e. The predicted octanol–water partition coefficient (Wildman–Crippen LogP) is 5.07. The van der Waals surface area contributed by atoms with Gasteiger partial charge in [0.15, 0.2) is 0 Å². The lowest BCUT2D eigenvalue weighted by Crippen LogP contribution is -2.51. The van der Waals surface area contributed by atoms with Gasteiger partial charge in [0.25, 0.3) is 0 Å². The molecule has 272 valence electrons. The van der Waals surface area contributed by atoms with E-state index >= 15 is 0 Å². The molecule has 51 heavy (non-hydrogen) atoms. The zero-order chi connectivity index (χ0) is 36.3. The number of piperazine rings is 1. The lowest BCUT2D eigenvalue weighted by molar-refractivity contribution is -0.125. The Morgan fingerprint density at radius 1 is 1.02 bits per heavy atom. The lowest BCUT2D eigenvalue weighted by Gasteiger charge is -2.40. The molecular weight excluding hydrogens is 674 g/mol. The molecule has 2 saturated heterocycles. The first-order valence-corrected chi connectivity index (χ1v) is 17.7. The Balaban J connectivity index is 1.21. The molecule has 13 nitrogen and oxygen atoms in total. The number of rotatable bonds is 7. The van der Waals surface area contributed by atoms with E-state index < -0.39 is 11.6 Å². The van der Waals surface area contributed by atoms with Crippen molar-refractivity contribution < 1.29 is 28.6 Å². The van der Waals surface area contributed by atoms with Crippen molar-refractivity contribution in [1.29, 1.82) is 0 Å². The second-order valence-electron chi connectivity index (χ2n) is 14.1. The van der Waals surface area contributed by atoms with Crippen LogP contribution in [0.4, 0.5) is 9.59 Å². The molecule has 2 fully saturated rings. The molecule has 0 spiro atoms. The third kappa shape index (κ3) is 8.37. The van der Waals surface area contributed by atoms with E-state index in [1.807, 2.05) is 62.7 Å². The zero-order valence-electron chi connectivity index (χ0n) is 29.8. The molecule has 0 bridgehead atoms. The Morgan fingerprint density at radius 3 is 2.41 bits per heavy atom. The number of aromatic nitrogens is 3. The number of piperidine rings is 1. The Morgan fingerprint density at radius 2 is 1.75 bits per heavy atom. The quantitative estimate of drug-likeness (QED) is 0.356. The second kappa shape index (κ2) is 15.4. The number of nitrogens with zero attached hydrogens (tertiary/aromatic N) is 6. The van der Waals surface area contributed by atoms with E-state index in [4.69, 9.17) is 30.8 Å². The number of benzene rings is 1. The minimum atomic E-state index is -0.563. The minimum absolute atomic E-state index is 0.0945. The van der Waals surface area contributed by atoms with E-state index in [0.29, 0.717) is 57.1 Å². The van der Waals surface area contributed by atoms with Crippen molar-refractivity contribution in [2.45, 2.75) is 57.4 Å². The molecule has 2 aliphatic heterocycles. The maximum Gasteiger partial charge on any atom is 0.410 e. The summed E-state index contributed by atoms with van der Waals surface area (Å²) in [6, 6.07) is 8.97. The van der Waals surface area contributed by atoms with E-state index in [2.05, 4.69) is 21.3 Å². The van der Waals surface area contributed by atoms with Gasteiger partial charge in [-0.2, -0.15) is 0 Å². The summed E-state index contributed by atoms with van der Waals surface area (Å²) in [5.74, 6) is -0.267. The lowest BCUT2D eigenvalue weighted by atomic mass is 9.89. The first kappa shape index (κ1) is 36.3. The Kier molecular flexibility index (Phi) is 11.0. The van der Waals surface area contributed by atoms with E-state index in [-0.39, 0.29) is 36.8 Å². The summed E-state index contributed by atoms with van der Waals surface area (Å²) in [6.07, 6.45) is 7.51. The maximum atomic E-state index is 13.3. The molecule has 2 aromatic heterocycles. The number of methoxy groups -OCH3 is 1. The SMILES string of the molecule is COCC(=O)N[C@H](C1=Cc2cccnc2[C@@H](N2CCN(C(=O)OC3CCN(C(=O)OC(C)(C)C)CC3)CC2)c2ccc(Cl)cc21)c1cncn1C. The van der Waals surface area contributed by atoms with Crippen molar-refractivity contribution in [2.24, 2.45) is 7.05 Å². The van der Waals surface area contributed by atoms with Crippen molar-refractivity contribution >= 4 is 41.3 Å². The monoisotopic (exact) mass is 719 g/mol. The highest BCUT2D eigenvalue weighted by molar-refractivity contribution is 6.30. The average molecular weight is 720 g/mol. The summed E-state index contributed by atoms with van der Waals surface area (Å²) >= 11 is 6.67. The van der Waals surface area contributed by atoms with Gasteiger partial charge in [0.05, 0.1) is 36.0 Å². The first-order chi connectivity index (χ1) is 24.4. The van der Waals surface area contributed by atoms with Crippen molar-refractivity contribution in [3.8, 4) is 0 Å². The van der Waals surface area contributed by atoms with Crippen molar-refractivity contribution in [3.05, 3.63) is 82.2 Å². The van der Waals surface area contributed by atoms with Crippen LogP contribution in [0.3, 0.4) is 0 Å². The summed E-state index contributed by atoms with van der Waals surface area (Å²) in [7, 11) is 3.38. The number of hydrogen-bond acceptors (Lipinski definition) is 9. The topological polar surface area (TPSA) is 131 Å². The van der Waals surface area contributed by atoms with Crippen LogP contribution in [-0.2, 0) is 26.1 Å². The Hall–Kier alpha value is -4.46. The fourth-order valence-electron chi connectivity index (χ4n) is 6.95. The number of ether oxygens (including phenoxy) is 3. The van der Waals surface area contributed by atoms with Gasteiger partial charge in [-0.25, -0.2) is 14.6 Å². The number of halogens is 1. The molecule has 0 saturated carbocycles. The number of amides is 3. The average Bonchev–Trinajstić information content (AvgIpc) is 3.46. The van der Waals surface area contributed by atoms with Gasteiger partial charge < -0.3 is 33.9 Å².